The number of nitrogens with one attached hydrogen (secondary N) is 1. The fourth-order valence-electron chi connectivity index (χ4n) is 4.43. The Bertz CT molecular complexity index is 797. The van der Waals surface area contributed by atoms with E-state index in [0.29, 0.717) is 30.6 Å². The summed E-state index contributed by atoms with van der Waals surface area (Å²) in [5.41, 5.74) is 6.66. The second-order valence-corrected chi connectivity index (χ2v) is 9.47. The molecule has 1 aromatic rings. The Kier molecular flexibility index (Phi) is 7.19. The van der Waals surface area contributed by atoms with Gasteiger partial charge in [-0.3, -0.25) is 4.79 Å². The number of amides is 1. The molecule has 0 heterocycles. The molecule has 4 atom stereocenters. The van der Waals surface area contributed by atoms with Gasteiger partial charge < -0.3 is 11.1 Å². The van der Waals surface area contributed by atoms with E-state index in [2.05, 4.69) is 5.32 Å². The summed E-state index contributed by atoms with van der Waals surface area (Å²) in [6.07, 6.45) is 3.16. The van der Waals surface area contributed by atoms with Crippen LogP contribution < -0.4 is 11.1 Å². The van der Waals surface area contributed by atoms with Crippen molar-refractivity contribution in [2.75, 3.05) is 18.4 Å². The van der Waals surface area contributed by atoms with Gasteiger partial charge >= 0.3 is 0 Å². The summed E-state index contributed by atoms with van der Waals surface area (Å²) in [4.78, 5) is 12.7. The maximum Gasteiger partial charge on any atom is 0.244 e. The molecule has 1 amide bonds. The lowest BCUT2D eigenvalue weighted by molar-refractivity contribution is -0.121. The minimum absolute atomic E-state index is 0. The van der Waals surface area contributed by atoms with Gasteiger partial charge in [-0.1, -0.05) is 25.4 Å². The fourth-order valence-corrected chi connectivity index (χ4v) is 6.39. The summed E-state index contributed by atoms with van der Waals surface area (Å²) >= 11 is 6.14. The standard InChI is InChI=1S/C18H26ClN3O3S.ClH/c1-3-22(4-2)26(24,25)15-10-13(7-8-14(15)19)21-18(23)16-11-5-6-12(9-11)17(16)20;/h7-8,10-12,16-17H,3-6,9,20H2,1-2H3,(H,21,23);1H. The molecular formula is C18H27Cl2N3O3S. The Morgan fingerprint density at radius 1 is 1.26 bits per heavy atom. The number of sulfonamides is 1. The van der Waals surface area contributed by atoms with Crippen LogP contribution in [-0.4, -0.2) is 37.8 Å². The molecular weight excluding hydrogens is 409 g/mol. The molecule has 1 aromatic carbocycles. The minimum atomic E-state index is -3.70. The van der Waals surface area contributed by atoms with E-state index in [1.807, 2.05) is 0 Å². The molecule has 3 rings (SSSR count). The lowest BCUT2D eigenvalue weighted by Gasteiger charge is -2.27. The van der Waals surface area contributed by atoms with E-state index >= 15 is 0 Å². The SMILES string of the molecule is CCN(CC)S(=O)(=O)c1cc(NC(=O)C2C3CCC(C3)C2N)ccc1Cl.Cl. The number of halogens is 2. The zero-order chi connectivity index (χ0) is 19.1. The lowest BCUT2D eigenvalue weighted by atomic mass is 9.84. The summed E-state index contributed by atoms with van der Waals surface area (Å²) in [6, 6.07) is 4.46. The van der Waals surface area contributed by atoms with Crippen molar-refractivity contribution < 1.29 is 13.2 Å². The second-order valence-electron chi connectivity index (χ2n) is 7.16. The molecule has 2 saturated carbocycles. The maximum atomic E-state index is 12.8. The molecule has 0 spiro atoms. The molecule has 9 heteroatoms. The van der Waals surface area contributed by atoms with Gasteiger partial charge in [-0.15, -0.1) is 12.4 Å². The third-order valence-corrected chi connectivity index (χ3v) is 8.34. The minimum Gasteiger partial charge on any atom is -0.327 e. The molecule has 0 aromatic heterocycles. The first-order chi connectivity index (χ1) is 12.3. The fraction of sp³-hybridized carbons (Fsp3) is 0.611. The highest BCUT2D eigenvalue weighted by molar-refractivity contribution is 7.89. The molecule has 2 aliphatic carbocycles. The van der Waals surface area contributed by atoms with Crippen molar-refractivity contribution in [2.45, 2.75) is 44.0 Å². The van der Waals surface area contributed by atoms with Gasteiger partial charge in [0.2, 0.25) is 15.9 Å². The zero-order valence-corrected chi connectivity index (χ0v) is 17.9. The molecule has 4 unspecified atom stereocenters. The van der Waals surface area contributed by atoms with Crippen LogP contribution >= 0.6 is 24.0 Å². The molecule has 2 fully saturated rings. The van der Waals surface area contributed by atoms with E-state index in [0.717, 1.165) is 19.3 Å². The van der Waals surface area contributed by atoms with Crippen LogP contribution in [0.5, 0.6) is 0 Å². The quantitative estimate of drug-likeness (QED) is 0.717. The van der Waals surface area contributed by atoms with Crippen molar-refractivity contribution >= 4 is 45.6 Å². The summed E-state index contributed by atoms with van der Waals surface area (Å²) in [5.74, 6) is 0.436. The average Bonchev–Trinajstić information content (AvgIpc) is 3.18. The van der Waals surface area contributed by atoms with Gasteiger partial charge in [0, 0.05) is 24.8 Å². The number of nitrogens with zero attached hydrogens (tertiary/aromatic N) is 1. The van der Waals surface area contributed by atoms with Crippen molar-refractivity contribution in [1.82, 2.24) is 4.31 Å². The van der Waals surface area contributed by atoms with Crippen molar-refractivity contribution in [3.63, 3.8) is 0 Å². The number of fused-ring (bicyclic) bond motifs is 2. The highest BCUT2D eigenvalue weighted by Gasteiger charge is 2.49. The smallest absolute Gasteiger partial charge is 0.244 e. The first-order valence-electron chi connectivity index (χ1n) is 9.15. The number of carbonyl (C=O) groups is 1. The predicted molar refractivity (Wildman–Crippen MR) is 110 cm³/mol. The van der Waals surface area contributed by atoms with Crippen molar-refractivity contribution in [3.8, 4) is 0 Å². The van der Waals surface area contributed by atoms with E-state index in [9.17, 15) is 13.2 Å². The Labute approximate surface area is 172 Å². The molecule has 152 valence electrons. The number of hydrogen-bond acceptors (Lipinski definition) is 4. The third kappa shape index (κ3) is 4.12. The molecule has 0 aliphatic heterocycles. The number of carbonyl (C=O) groups excluding carboxylic acids is 1. The molecule has 0 radical (unpaired) electrons. The molecule has 3 N–H and O–H groups in total. The van der Waals surface area contributed by atoms with Crippen LogP contribution in [0.4, 0.5) is 5.69 Å². The van der Waals surface area contributed by atoms with Gasteiger partial charge in [0.15, 0.2) is 0 Å². The normalized spacial score (nSPS) is 26.9. The highest BCUT2D eigenvalue weighted by Crippen LogP contribution is 2.48. The van der Waals surface area contributed by atoms with Gasteiger partial charge in [-0.05, 0) is 49.3 Å². The van der Waals surface area contributed by atoms with Crippen LogP contribution in [0.25, 0.3) is 0 Å². The molecule has 0 saturated heterocycles. The maximum absolute atomic E-state index is 12.8. The van der Waals surface area contributed by atoms with Gasteiger partial charge in [0.25, 0.3) is 0 Å². The van der Waals surface area contributed by atoms with Crippen LogP contribution in [0, 0.1) is 17.8 Å². The van der Waals surface area contributed by atoms with Gasteiger partial charge in [0.1, 0.15) is 4.90 Å². The van der Waals surface area contributed by atoms with Crippen LogP contribution in [0.3, 0.4) is 0 Å². The summed E-state index contributed by atoms with van der Waals surface area (Å²) < 4.78 is 26.9. The molecule has 2 bridgehead atoms. The third-order valence-electron chi connectivity index (χ3n) is 5.81. The lowest BCUT2D eigenvalue weighted by Crippen LogP contribution is -2.42. The Balaban J connectivity index is 0.00000261. The first-order valence-corrected chi connectivity index (χ1v) is 11.0. The predicted octanol–water partition coefficient (Wildman–Crippen LogP) is 3.10. The van der Waals surface area contributed by atoms with Crippen molar-refractivity contribution in [2.24, 2.45) is 23.5 Å². The number of hydrogen-bond donors (Lipinski definition) is 2. The largest absolute Gasteiger partial charge is 0.327 e. The zero-order valence-electron chi connectivity index (χ0n) is 15.5. The molecule has 27 heavy (non-hydrogen) atoms. The van der Waals surface area contributed by atoms with E-state index in [1.54, 1.807) is 19.9 Å². The van der Waals surface area contributed by atoms with Gasteiger partial charge in [-0.25, -0.2) is 8.42 Å². The summed E-state index contributed by atoms with van der Waals surface area (Å²) in [6.45, 7) is 4.26. The number of nitrogens with two attached hydrogens (primary N) is 1. The first kappa shape index (κ1) is 22.4. The van der Waals surface area contributed by atoms with E-state index < -0.39 is 10.0 Å². The summed E-state index contributed by atoms with van der Waals surface area (Å²) in [7, 11) is -3.70. The van der Waals surface area contributed by atoms with E-state index in [4.69, 9.17) is 17.3 Å². The van der Waals surface area contributed by atoms with E-state index in [1.165, 1.54) is 16.4 Å². The second kappa shape index (κ2) is 8.66. The average molecular weight is 436 g/mol. The summed E-state index contributed by atoms with van der Waals surface area (Å²) in [5, 5.41) is 3.00. The highest BCUT2D eigenvalue weighted by atomic mass is 35.5. The molecule has 2 aliphatic rings. The van der Waals surface area contributed by atoms with Gasteiger partial charge in [0.05, 0.1) is 10.9 Å². The van der Waals surface area contributed by atoms with Crippen LogP contribution in [0.2, 0.25) is 5.02 Å². The number of benzene rings is 1. The van der Waals surface area contributed by atoms with Crippen LogP contribution in [0.15, 0.2) is 23.1 Å². The number of anilines is 1. The molecule has 6 nitrogen and oxygen atoms in total. The Morgan fingerprint density at radius 2 is 1.89 bits per heavy atom. The number of rotatable bonds is 6. The monoisotopic (exact) mass is 435 g/mol. The Hall–Kier alpha value is -0.860. The van der Waals surface area contributed by atoms with E-state index in [-0.39, 0.29) is 40.2 Å². The van der Waals surface area contributed by atoms with Crippen LogP contribution in [0.1, 0.15) is 33.1 Å². The topological polar surface area (TPSA) is 92.5 Å². The van der Waals surface area contributed by atoms with Crippen molar-refractivity contribution in [1.29, 1.82) is 0 Å². The Morgan fingerprint density at radius 3 is 2.44 bits per heavy atom. The van der Waals surface area contributed by atoms with Crippen LogP contribution in [-0.2, 0) is 14.8 Å². The van der Waals surface area contributed by atoms with Crippen molar-refractivity contribution in [3.05, 3.63) is 23.2 Å². The van der Waals surface area contributed by atoms with Gasteiger partial charge in [-0.2, -0.15) is 4.31 Å².